The summed E-state index contributed by atoms with van der Waals surface area (Å²) in [4.78, 5) is 13.0. The fourth-order valence-corrected chi connectivity index (χ4v) is 1.42. The molecule has 0 fully saturated rings. The van der Waals surface area contributed by atoms with Crippen LogP contribution in [0.4, 0.5) is 5.69 Å². The number of nitrogen functional groups attached to an aromatic ring is 1. The lowest BCUT2D eigenvalue weighted by Gasteiger charge is -2.16. The van der Waals surface area contributed by atoms with Crippen LogP contribution in [0.5, 0.6) is 0 Å². The Morgan fingerprint density at radius 2 is 2.20 bits per heavy atom. The second kappa shape index (κ2) is 4.79. The second-order valence-electron chi connectivity index (χ2n) is 3.52. The van der Waals surface area contributed by atoms with E-state index in [1.807, 2.05) is 18.9 Å². The molecular formula is C11H16N2O2. The van der Waals surface area contributed by atoms with Crippen LogP contribution in [0.3, 0.4) is 0 Å². The van der Waals surface area contributed by atoms with Crippen LogP contribution < -0.4 is 5.73 Å². The maximum atomic E-state index is 11.0. The van der Waals surface area contributed by atoms with Crippen molar-refractivity contribution >= 4 is 11.7 Å². The van der Waals surface area contributed by atoms with Gasteiger partial charge in [-0.05, 0) is 25.2 Å². The van der Waals surface area contributed by atoms with Crippen molar-refractivity contribution in [2.45, 2.75) is 13.5 Å². The zero-order chi connectivity index (χ0) is 11.4. The standard InChI is InChI=1S/C11H16N2O2/c1-3-13(2)7-8-5-4-6-9(12)10(8)11(14)15/h4-6H,3,7,12H2,1-2H3,(H,14,15). The van der Waals surface area contributed by atoms with Gasteiger partial charge in [0, 0.05) is 12.2 Å². The highest BCUT2D eigenvalue weighted by Crippen LogP contribution is 2.18. The van der Waals surface area contributed by atoms with Gasteiger partial charge < -0.3 is 15.7 Å². The minimum atomic E-state index is -0.965. The molecule has 15 heavy (non-hydrogen) atoms. The van der Waals surface area contributed by atoms with E-state index in [1.54, 1.807) is 18.2 Å². The third-order valence-electron chi connectivity index (χ3n) is 2.38. The van der Waals surface area contributed by atoms with Crippen LogP contribution in [-0.2, 0) is 6.54 Å². The number of carboxylic acid groups (broad SMARTS) is 1. The predicted octanol–water partition coefficient (Wildman–Crippen LogP) is 1.42. The van der Waals surface area contributed by atoms with Crippen molar-refractivity contribution in [2.24, 2.45) is 0 Å². The van der Waals surface area contributed by atoms with Crippen LogP contribution in [0.1, 0.15) is 22.8 Å². The molecule has 0 saturated carbocycles. The summed E-state index contributed by atoms with van der Waals surface area (Å²) < 4.78 is 0. The summed E-state index contributed by atoms with van der Waals surface area (Å²) in [6, 6.07) is 5.19. The maximum absolute atomic E-state index is 11.0. The second-order valence-corrected chi connectivity index (χ2v) is 3.52. The average molecular weight is 208 g/mol. The summed E-state index contributed by atoms with van der Waals surface area (Å²) >= 11 is 0. The molecule has 1 rings (SSSR count). The first kappa shape index (κ1) is 11.5. The smallest absolute Gasteiger partial charge is 0.338 e. The zero-order valence-corrected chi connectivity index (χ0v) is 9.03. The summed E-state index contributed by atoms with van der Waals surface area (Å²) in [5, 5.41) is 9.03. The highest BCUT2D eigenvalue weighted by atomic mass is 16.4. The van der Waals surface area contributed by atoms with E-state index in [9.17, 15) is 4.79 Å². The summed E-state index contributed by atoms with van der Waals surface area (Å²) in [6.07, 6.45) is 0. The van der Waals surface area contributed by atoms with Gasteiger partial charge in [0.25, 0.3) is 0 Å². The largest absolute Gasteiger partial charge is 0.478 e. The Kier molecular flexibility index (Phi) is 3.68. The molecule has 0 amide bonds. The number of hydrogen-bond donors (Lipinski definition) is 2. The Hall–Kier alpha value is -1.55. The first-order valence-corrected chi connectivity index (χ1v) is 4.85. The minimum Gasteiger partial charge on any atom is -0.478 e. The third-order valence-corrected chi connectivity index (χ3v) is 2.38. The van der Waals surface area contributed by atoms with Crippen molar-refractivity contribution in [3.05, 3.63) is 29.3 Å². The molecule has 0 saturated heterocycles. The molecule has 0 spiro atoms. The number of benzene rings is 1. The summed E-state index contributed by atoms with van der Waals surface area (Å²) in [5.74, 6) is -0.965. The summed E-state index contributed by atoms with van der Waals surface area (Å²) in [5.41, 5.74) is 6.94. The van der Waals surface area contributed by atoms with E-state index in [0.717, 1.165) is 12.1 Å². The fraction of sp³-hybridized carbons (Fsp3) is 0.364. The number of carbonyl (C=O) groups is 1. The predicted molar refractivity (Wildman–Crippen MR) is 59.8 cm³/mol. The number of hydrogen-bond acceptors (Lipinski definition) is 3. The first-order valence-electron chi connectivity index (χ1n) is 4.85. The Morgan fingerprint density at radius 1 is 1.53 bits per heavy atom. The number of nitrogens with two attached hydrogens (primary N) is 1. The van der Waals surface area contributed by atoms with Gasteiger partial charge in [-0.1, -0.05) is 19.1 Å². The molecule has 0 aliphatic rings. The monoisotopic (exact) mass is 208 g/mol. The van der Waals surface area contributed by atoms with Crippen LogP contribution in [0.2, 0.25) is 0 Å². The number of anilines is 1. The lowest BCUT2D eigenvalue weighted by Crippen LogP contribution is -2.19. The van der Waals surface area contributed by atoms with Gasteiger partial charge in [-0.15, -0.1) is 0 Å². The van der Waals surface area contributed by atoms with E-state index in [1.165, 1.54) is 0 Å². The first-order chi connectivity index (χ1) is 7.06. The molecule has 4 nitrogen and oxygen atoms in total. The minimum absolute atomic E-state index is 0.220. The third kappa shape index (κ3) is 2.70. The van der Waals surface area contributed by atoms with Gasteiger partial charge in [-0.25, -0.2) is 4.79 Å². The highest BCUT2D eigenvalue weighted by Gasteiger charge is 2.13. The van der Waals surface area contributed by atoms with Crippen LogP contribution in [0, 0.1) is 0 Å². The van der Waals surface area contributed by atoms with E-state index in [0.29, 0.717) is 12.2 Å². The van der Waals surface area contributed by atoms with Crippen LogP contribution in [-0.4, -0.2) is 29.6 Å². The summed E-state index contributed by atoms with van der Waals surface area (Å²) in [6.45, 7) is 3.49. The lowest BCUT2D eigenvalue weighted by atomic mass is 10.1. The molecule has 4 heteroatoms. The highest BCUT2D eigenvalue weighted by molar-refractivity contribution is 5.95. The van der Waals surface area contributed by atoms with Crippen LogP contribution >= 0.6 is 0 Å². The van der Waals surface area contributed by atoms with Gasteiger partial charge in [0.15, 0.2) is 0 Å². The summed E-state index contributed by atoms with van der Waals surface area (Å²) in [7, 11) is 1.94. The average Bonchev–Trinajstić information content (AvgIpc) is 2.17. The molecule has 1 aromatic carbocycles. The normalized spacial score (nSPS) is 10.6. The molecule has 1 aromatic rings. The molecule has 0 bridgehead atoms. The van der Waals surface area contributed by atoms with Gasteiger partial charge in [-0.3, -0.25) is 0 Å². The van der Waals surface area contributed by atoms with Crippen molar-refractivity contribution < 1.29 is 9.90 Å². The quantitative estimate of drug-likeness (QED) is 0.734. The van der Waals surface area contributed by atoms with Crippen molar-refractivity contribution in [2.75, 3.05) is 19.3 Å². The van der Waals surface area contributed by atoms with E-state index in [2.05, 4.69) is 0 Å². The molecule has 0 atom stereocenters. The molecule has 0 aliphatic carbocycles. The van der Waals surface area contributed by atoms with E-state index >= 15 is 0 Å². The van der Waals surface area contributed by atoms with Crippen molar-refractivity contribution in [1.29, 1.82) is 0 Å². The Bertz CT molecular complexity index is 364. The lowest BCUT2D eigenvalue weighted by molar-refractivity contribution is 0.0696. The molecule has 0 unspecified atom stereocenters. The molecule has 0 heterocycles. The van der Waals surface area contributed by atoms with Crippen LogP contribution in [0.15, 0.2) is 18.2 Å². The van der Waals surface area contributed by atoms with Crippen molar-refractivity contribution in [1.82, 2.24) is 4.90 Å². The number of rotatable bonds is 4. The SMILES string of the molecule is CCN(C)Cc1cccc(N)c1C(=O)O. The van der Waals surface area contributed by atoms with E-state index in [-0.39, 0.29) is 5.56 Å². The number of nitrogens with zero attached hydrogens (tertiary/aromatic N) is 1. The van der Waals surface area contributed by atoms with Gasteiger partial charge in [-0.2, -0.15) is 0 Å². The van der Waals surface area contributed by atoms with Gasteiger partial charge in [0.1, 0.15) is 0 Å². The van der Waals surface area contributed by atoms with Crippen molar-refractivity contribution in [3.63, 3.8) is 0 Å². The molecule has 3 N–H and O–H groups in total. The molecule has 82 valence electrons. The van der Waals surface area contributed by atoms with E-state index in [4.69, 9.17) is 10.8 Å². The number of carboxylic acids is 1. The Labute approximate surface area is 89.3 Å². The molecular weight excluding hydrogens is 192 g/mol. The van der Waals surface area contributed by atoms with Crippen molar-refractivity contribution in [3.8, 4) is 0 Å². The Balaban J connectivity index is 3.06. The molecule has 0 aromatic heterocycles. The van der Waals surface area contributed by atoms with Crippen LogP contribution in [0.25, 0.3) is 0 Å². The fourth-order valence-electron chi connectivity index (χ4n) is 1.42. The molecule has 0 aliphatic heterocycles. The zero-order valence-electron chi connectivity index (χ0n) is 9.03. The topological polar surface area (TPSA) is 66.6 Å². The van der Waals surface area contributed by atoms with Gasteiger partial charge in [0.2, 0.25) is 0 Å². The van der Waals surface area contributed by atoms with Gasteiger partial charge in [0.05, 0.1) is 5.56 Å². The molecule has 0 radical (unpaired) electrons. The van der Waals surface area contributed by atoms with E-state index < -0.39 is 5.97 Å². The maximum Gasteiger partial charge on any atom is 0.338 e. The van der Waals surface area contributed by atoms with Gasteiger partial charge >= 0.3 is 5.97 Å². The Morgan fingerprint density at radius 3 is 2.73 bits per heavy atom. The number of aromatic carboxylic acids is 1.